The minimum Gasteiger partial charge on any atom is -0.465 e. The summed E-state index contributed by atoms with van der Waals surface area (Å²) in [5.74, 6) is 0. The van der Waals surface area contributed by atoms with E-state index < -0.39 is 6.09 Å². The smallest absolute Gasteiger partial charge is 0.407 e. The summed E-state index contributed by atoms with van der Waals surface area (Å²) in [5, 5.41) is 9.15. The monoisotopic (exact) mass is 235 g/mol. The molecule has 1 amide bonds. The van der Waals surface area contributed by atoms with Gasteiger partial charge >= 0.3 is 6.09 Å². The standard InChI is InChI=1S/C13H17NO3/c1-17-12-7-8-14(13(15)16)11(12)9-10-5-3-2-4-6-10/h2-6,11-12H,7-9H2,1H3,(H,15,16). The fourth-order valence-electron chi connectivity index (χ4n) is 2.43. The second-order valence-corrected chi connectivity index (χ2v) is 4.30. The molecule has 0 bridgehead atoms. The Morgan fingerprint density at radius 1 is 1.47 bits per heavy atom. The zero-order valence-electron chi connectivity index (χ0n) is 9.87. The van der Waals surface area contributed by atoms with Gasteiger partial charge in [-0.2, -0.15) is 0 Å². The largest absolute Gasteiger partial charge is 0.465 e. The fraction of sp³-hybridized carbons (Fsp3) is 0.462. The summed E-state index contributed by atoms with van der Waals surface area (Å²) in [6.45, 7) is 0.561. The quantitative estimate of drug-likeness (QED) is 0.871. The number of carboxylic acid groups (broad SMARTS) is 1. The fourth-order valence-corrected chi connectivity index (χ4v) is 2.43. The number of likely N-dealkylation sites (tertiary alicyclic amines) is 1. The molecule has 1 heterocycles. The lowest BCUT2D eigenvalue weighted by atomic mass is 10.0. The highest BCUT2D eigenvalue weighted by Crippen LogP contribution is 2.23. The van der Waals surface area contributed by atoms with E-state index in [4.69, 9.17) is 9.84 Å². The van der Waals surface area contributed by atoms with Crippen LogP contribution in [0.5, 0.6) is 0 Å². The van der Waals surface area contributed by atoms with E-state index in [1.807, 2.05) is 30.3 Å². The van der Waals surface area contributed by atoms with Crippen molar-refractivity contribution >= 4 is 6.09 Å². The highest BCUT2D eigenvalue weighted by atomic mass is 16.5. The molecule has 4 heteroatoms. The van der Waals surface area contributed by atoms with Crippen LogP contribution in [0.3, 0.4) is 0 Å². The molecule has 92 valence electrons. The van der Waals surface area contributed by atoms with Gasteiger partial charge in [0.15, 0.2) is 0 Å². The topological polar surface area (TPSA) is 49.8 Å². The van der Waals surface area contributed by atoms with Gasteiger partial charge in [-0.25, -0.2) is 4.79 Å². The number of nitrogens with zero attached hydrogens (tertiary/aromatic N) is 1. The van der Waals surface area contributed by atoms with Gasteiger partial charge in [-0.3, -0.25) is 0 Å². The first-order valence-electron chi connectivity index (χ1n) is 5.78. The maximum Gasteiger partial charge on any atom is 0.407 e. The molecule has 0 aromatic heterocycles. The Morgan fingerprint density at radius 3 is 2.76 bits per heavy atom. The summed E-state index contributed by atoms with van der Waals surface area (Å²) in [5.41, 5.74) is 1.15. The van der Waals surface area contributed by atoms with Crippen molar-refractivity contribution < 1.29 is 14.6 Å². The first-order valence-corrected chi connectivity index (χ1v) is 5.78. The highest BCUT2D eigenvalue weighted by Gasteiger charge is 2.37. The molecule has 0 spiro atoms. The molecule has 17 heavy (non-hydrogen) atoms. The van der Waals surface area contributed by atoms with E-state index in [-0.39, 0.29) is 12.1 Å². The van der Waals surface area contributed by atoms with Crippen LogP contribution in [0.2, 0.25) is 0 Å². The molecular weight excluding hydrogens is 218 g/mol. The number of carbonyl (C=O) groups is 1. The Hall–Kier alpha value is -1.55. The van der Waals surface area contributed by atoms with E-state index >= 15 is 0 Å². The van der Waals surface area contributed by atoms with E-state index in [1.165, 1.54) is 4.90 Å². The van der Waals surface area contributed by atoms with Crippen LogP contribution in [0.25, 0.3) is 0 Å². The lowest BCUT2D eigenvalue weighted by Gasteiger charge is -2.25. The van der Waals surface area contributed by atoms with Gasteiger partial charge in [-0.15, -0.1) is 0 Å². The van der Waals surface area contributed by atoms with Gasteiger partial charge in [0.1, 0.15) is 0 Å². The van der Waals surface area contributed by atoms with E-state index in [2.05, 4.69) is 0 Å². The molecule has 0 aliphatic carbocycles. The number of hydrogen-bond donors (Lipinski definition) is 1. The van der Waals surface area contributed by atoms with Gasteiger partial charge in [-0.05, 0) is 18.4 Å². The van der Waals surface area contributed by atoms with Crippen LogP contribution >= 0.6 is 0 Å². The average molecular weight is 235 g/mol. The maximum absolute atomic E-state index is 11.1. The molecule has 1 aromatic carbocycles. The van der Waals surface area contributed by atoms with E-state index in [0.29, 0.717) is 13.0 Å². The summed E-state index contributed by atoms with van der Waals surface area (Å²) in [6.07, 6.45) is 0.642. The third-order valence-corrected chi connectivity index (χ3v) is 3.32. The molecule has 0 saturated carbocycles. The molecule has 1 aliphatic rings. The lowest BCUT2D eigenvalue weighted by molar-refractivity contribution is 0.0638. The minimum atomic E-state index is -0.856. The Balaban J connectivity index is 2.12. The molecule has 1 N–H and O–H groups in total. The summed E-state index contributed by atoms with van der Waals surface area (Å²) >= 11 is 0. The van der Waals surface area contributed by atoms with Crippen molar-refractivity contribution in [2.45, 2.75) is 25.0 Å². The van der Waals surface area contributed by atoms with Crippen LogP contribution in [0.4, 0.5) is 4.79 Å². The molecule has 0 radical (unpaired) electrons. The maximum atomic E-state index is 11.1. The zero-order chi connectivity index (χ0) is 12.3. The summed E-state index contributed by atoms with van der Waals surface area (Å²) in [6, 6.07) is 9.87. The highest BCUT2D eigenvalue weighted by molar-refractivity contribution is 5.66. The van der Waals surface area contributed by atoms with Crippen LogP contribution in [-0.4, -0.2) is 41.9 Å². The van der Waals surface area contributed by atoms with Crippen molar-refractivity contribution in [2.24, 2.45) is 0 Å². The molecule has 2 rings (SSSR count). The lowest BCUT2D eigenvalue weighted by Crippen LogP contribution is -2.40. The summed E-state index contributed by atoms with van der Waals surface area (Å²) in [7, 11) is 1.65. The molecule has 2 atom stereocenters. The van der Waals surface area contributed by atoms with Crippen molar-refractivity contribution in [2.75, 3.05) is 13.7 Å². The summed E-state index contributed by atoms with van der Waals surface area (Å²) < 4.78 is 5.37. The number of methoxy groups -OCH3 is 1. The predicted octanol–water partition coefficient (Wildman–Crippen LogP) is 2.00. The van der Waals surface area contributed by atoms with Crippen LogP contribution < -0.4 is 0 Å². The van der Waals surface area contributed by atoms with Crippen LogP contribution in [0.1, 0.15) is 12.0 Å². The predicted molar refractivity (Wildman–Crippen MR) is 64.1 cm³/mol. The van der Waals surface area contributed by atoms with E-state index in [9.17, 15) is 4.79 Å². The number of rotatable bonds is 3. The molecular formula is C13H17NO3. The van der Waals surface area contributed by atoms with Crippen molar-refractivity contribution in [1.29, 1.82) is 0 Å². The van der Waals surface area contributed by atoms with Crippen molar-refractivity contribution in [1.82, 2.24) is 4.90 Å². The SMILES string of the molecule is COC1CCN(C(=O)O)C1Cc1ccccc1. The number of ether oxygens (including phenoxy) is 1. The molecule has 1 saturated heterocycles. The molecule has 2 unspecified atom stereocenters. The van der Waals surface area contributed by atoms with E-state index in [1.54, 1.807) is 7.11 Å². The molecule has 4 nitrogen and oxygen atoms in total. The van der Waals surface area contributed by atoms with Gasteiger partial charge in [0.25, 0.3) is 0 Å². The summed E-state index contributed by atoms with van der Waals surface area (Å²) in [4.78, 5) is 12.6. The number of benzene rings is 1. The van der Waals surface area contributed by atoms with Gasteiger partial charge < -0.3 is 14.7 Å². The Kier molecular flexibility index (Phi) is 3.64. The van der Waals surface area contributed by atoms with Gasteiger partial charge in [0, 0.05) is 13.7 Å². The van der Waals surface area contributed by atoms with Crippen LogP contribution in [0.15, 0.2) is 30.3 Å². The number of amides is 1. The first-order chi connectivity index (χ1) is 8.22. The average Bonchev–Trinajstić information content (AvgIpc) is 2.73. The van der Waals surface area contributed by atoms with Crippen molar-refractivity contribution in [3.05, 3.63) is 35.9 Å². The minimum absolute atomic E-state index is 0.00584. The Bertz CT molecular complexity index is 380. The molecule has 1 aliphatic heterocycles. The second kappa shape index (κ2) is 5.19. The second-order valence-electron chi connectivity index (χ2n) is 4.30. The third kappa shape index (κ3) is 2.58. The normalized spacial score (nSPS) is 23.9. The third-order valence-electron chi connectivity index (χ3n) is 3.32. The molecule has 1 fully saturated rings. The van der Waals surface area contributed by atoms with Gasteiger partial charge in [-0.1, -0.05) is 30.3 Å². The van der Waals surface area contributed by atoms with Crippen molar-refractivity contribution in [3.63, 3.8) is 0 Å². The molecule has 1 aromatic rings. The van der Waals surface area contributed by atoms with Crippen LogP contribution in [-0.2, 0) is 11.2 Å². The van der Waals surface area contributed by atoms with Gasteiger partial charge in [0.05, 0.1) is 12.1 Å². The Morgan fingerprint density at radius 2 is 2.18 bits per heavy atom. The Labute approximate surface area is 101 Å². The number of hydrogen-bond acceptors (Lipinski definition) is 2. The van der Waals surface area contributed by atoms with Gasteiger partial charge in [0.2, 0.25) is 0 Å². The van der Waals surface area contributed by atoms with E-state index in [0.717, 1.165) is 12.0 Å². The van der Waals surface area contributed by atoms with Crippen molar-refractivity contribution in [3.8, 4) is 0 Å². The first kappa shape index (κ1) is 11.9. The zero-order valence-corrected chi connectivity index (χ0v) is 9.87. The van der Waals surface area contributed by atoms with Crippen LogP contribution in [0, 0.1) is 0 Å².